The highest BCUT2D eigenvalue weighted by Gasteiger charge is 2.17. The average molecular weight is 487 g/mol. The van der Waals surface area contributed by atoms with Gasteiger partial charge in [-0.1, -0.05) is 48.5 Å². The molecule has 3 aromatic heterocycles. The highest BCUT2D eigenvalue weighted by atomic mass is 16.5. The molecule has 8 nitrogen and oxygen atoms in total. The van der Waals surface area contributed by atoms with Gasteiger partial charge in [-0.25, -0.2) is 0 Å². The van der Waals surface area contributed by atoms with Gasteiger partial charge in [0.1, 0.15) is 11.4 Å². The number of hydrogen-bond donors (Lipinski definition) is 1. The summed E-state index contributed by atoms with van der Waals surface area (Å²) < 4.78 is 7.45. The maximum Gasteiger partial charge on any atom is 0.260 e. The molecule has 37 heavy (non-hydrogen) atoms. The molecule has 0 bridgehead atoms. The third-order valence-corrected chi connectivity index (χ3v) is 6.01. The van der Waals surface area contributed by atoms with Gasteiger partial charge in [-0.3, -0.25) is 9.78 Å². The summed E-state index contributed by atoms with van der Waals surface area (Å²) >= 11 is 0. The lowest BCUT2D eigenvalue weighted by atomic mass is 10.0. The number of carbonyl (C=O) groups excluding carboxylic acids is 1. The van der Waals surface area contributed by atoms with Crippen LogP contribution < -0.4 is 10.1 Å². The molecule has 8 heteroatoms. The zero-order valence-electron chi connectivity index (χ0n) is 20.0. The molecule has 3 aromatic carbocycles. The van der Waals surface area contributed by atoms with E-state index in [9.17, 15) is 4.79 Å². The Bertz CT molecular complexity index is 1730. The number of nitrogens with one attached hydrogen (secondary N) is 1. The Labute approximate surface area is 212 Å². The van der Waals surface area contributed by atoms with Crippen molar-refractivity contribution in [3.05, 3.63) is 103 Å². The van der Waals surface area contributed by atoms with Gasteiger partial charge in [0, 0.05) is 17.4 Å². The Kier molecular flexibility index (Phi) is 5.74. The monoisotopic (exact) mass is 486 g/mol. The van der Waals surface area contributed by atoms with Crippen LogP contribution in [0, 0.1) is 0 Å². The van der Waals surface area contributed by atoms with E-state index < -0.39 is 0 Å². The fraction of sp³-hybridized carbons (Fsp3) is 0.0690. The van der Waals surface area contributed by atoms with Crippen LogP contribution in [-0.2, 0) is 0 Å². The summed E-state index contributed by atoms with van der Waals surface area (Å²) in [5, 5.41) is 18.0. The molecular weight excluding hydrogens is 464 g/mol. The van der Waals surface area contributed by atoms with Crippen molar-refractivity contribution in [2.45, 2.75) is 6.92 Å². The second kappa shape index (κ2) is 9.50. The normalized spacial score (nSPS) is 11.1. The van der Waals surface area contributed by atoms with Crippen LogP contribution >= 0.6 is 0 Å². The number of aromatic nitrogens is 5. The van der Waals surface area contributed by atoms with E-state index in [0.29, 0.717) is 40.8 Å². The number of rotatable bonds is 6. The van der Waals surface area contributed by atoms with Crippen LogP contribution in [0.2, 0.25) is 0 Å². The fourth-order valence-corrected chi connectivity index (χ4v) is 4.28. The number of amides is 1. The van der Waals surface area contributed by atoms with E-state index in [1.807, 2.05) is 97.9 Å². The number of carbonyl (C=O) groups is 1. The molecule has 3 heterocycles. The van der Waals surface area contributed by atoms with Crippen molar-refractivity contribution in [1.29, 1.82) is 0 Å². The highest BCUT2D eigenvalue weighted by molar-refractivity contribution is 6.15. The Balaban J connectivity index is 1.29. The van der Waals surface area contributed by atoms with Gasteiger partial charge in [-0.15, -0.1) is 10.2 Å². The molecular formula is C29H22N6O2. The summed E-state index contributed by atoms with van der Waals surface area (Å²) in [6.07, 6.45) is 1.71. The molecule has 0 aliphatic carbocycles. The van der Waals surface area contributed by atoms with E-state index in [4.69, 9.17) is 9.84 Å². The number of pyridine rings is 1. The van der Waals surface area contributed by atoms with E-state index in [1.165, 1.54) is 0 Å². The third-order valence-electron chi connectivity index (χ3n) is 6.01. The molecule has 1 N–H and O–H groups in total. The van der Waals surface area contributed by atoms with E-state index in [0.717, 1.165) is 22.0 Å². The summed E-state index contributed by atoms with van der Waals surface area (Å²) in [6, 6.07) is 28.5. The van der Waals surface area contributed by atoms with Crippen LogP contribution in [0.5, 0.6) is 5.75 Å². The Morgan fingerprint density at radius 1 is 0.865 bits per heavy atom. The predicted molar refractivity (Wildman–Crippen MR) is 143 cm³/mol. The van der Waals surface area contributed by atoms with Crippen LogP contribution in [0.15, 0.2) is 97.2 Å². The SMILES string of the molecule is CCOc1ccc2ccccc2c1C(=O)Nc1ccc(-c2ccc3nnc(-c4ccccn4)n3n2)cc1. The quantitative estimate of drug-likeness (QED) is 0.327. The summed E-state index contributed by atoms with van der Waals surface area (Å²) in [5.74, 6) is 0.907. The molecule has 0 radical (unpaired) electrons. The first kappa shape index (κ1) is 22.4. The second-order valence-corrected chi connectivity index (χ2v) is 8.35. The van der Waals surface area contributed by atoms with E-state index in [-0.39, 0.29) is 5.91 Å². The number of anilines is 1. The first-order valence-corrected chi connectivity index (χ1v) is 11.9. The van der Waals surface area contributed by atoms with Crippen molar-refractivity contribution in [1.82, 2.24) is 24.8 Å². The molecule has 6 rings (SSSR count). The summed E-state index contributed by atoms with van der Waals surface area (Å²) in [7, 11) is 0. The lowest BCUT2D eigenvalue weighted by molar-refractivity contribution is 0.102. The second-order valence-electron chi connectivity index (χ2n) is 8.35. The van der Waals surface area contributed by atoms with Gasteiger partial charge < -0.3 is 10.1 Å². The molecule has 180 valence electrons. The van der Waals surface area contributed by atoms with Gasteiger partial charge >= 0.3 is 0 Å². The Morgan fingerprint density at radius 2 is 1.70 bits per heavy atom. The van der Waals surface area contributed by atoms with Gasteiger partial charge in [0.05, 0.1) is 17.9 Å². The maximum atomic E-state index is 13.3. The van der Waals surface area contributed by atoms with Gasteiger partial charge in [-0.2, -0.15) is 9.61 Å². The van der Waals surface area contributed by atoms with Crippen LogP contribution in [0.3, 0.4) is 0 Å². The zero-order valence-corrected chi connectivity index (χ0v) is 20.0. The van der Waals surface area contributed by atoms with Crippen molar-refractivity contribution in [2.24, 2.45) is 0 Å². The first-order valence-electron chi connectivity index (χ1n) is 11.9. The Hall–Kier alpha value is -5.11. The van der Waals surface area contributed by atoms with Crippen LogP contribution in [0.4, 0.5) is 5.69 Å². The summed E-state index contributed by atoms with van der Waals surface area (Å²) in [5.41, 5.74) is 4.15. The van der Waals surface area contributed by atoms with Crippen molar-refractivity contribution in [3.8, 4) is 28.5 Å². The van der Waals surface area contributed by atoms with Gasteiger partial charge in [-0.05, 0) is 60.2 Å². The van der Waals surface area contributed by atoms with Crippen LogP contribution in [0.1, 0.15) is 17.3 Å². The van der Waals surface area contributed by atoms with Crippen LogP contribution in [-0.4, -0.2) is 37.3 Å². The minimum Gasteiger partial charge on any atom is -0.493 e. The lowest BCUT2D eigenvalue weighted by Gasteiger charge is -2.14. The van der Waals surface area contributed by atoms with Crippen molar-refractivity contribution >= 4 is 28.0 Å². The summed E-state index contributed by atoms with van der Waals surface area (Å²) in [4.78, 5) is 17.7. The highest BCUT2D eigenvalue weighted by Crippen LogP contribution is 2.29. The van der Waals surface area contributed by atoms with Crippen molar-refractivity contribution in [2.75, 3.05) is 11.9 Å². The molecule has 0 saturated heterocycles. The van der Waals surface area contributed by atoms with E-state index >= 15 is 0 Å². The number of nitrogens with zero attached hydrogens (tertiary/aromatic N) is 5. The standard InChI is InChI=1S/C29H22N6O2/c1-2-37-25-16-12-19-7-3-4-8-22(19)27(25)29(36)31-21-13-10-20(11-14-21)23-15-17-26-32-33-28(35(26)34-23)24-9-5-6-18-30-24/h3-18H,2H2,1H3,(H,31,36). The minimum absolute atomic E-state index is 0.225. The number of benzene rings is 3. The number of ether oxygens (including phenoxy) is 1. The average Bonchev–Trinajstić information content (AvgIpc) is 3.37. The largest absolute Gasteiger partial charge is 0.493 e. The third kappa shape index (κ3) is 4.25. The predicted octanol–water partition coefficient (Wildman–Crippen LogP) is 5.66. The van der Waals surface area contributed by atoms with E-state index in [2.05, 4.69) is 20.5 Å². The van der Waals surface area contributed by atoms with Gasteiger partial charge in [0.2, 0.25) is 5.82 Å². The Morgan fingerprint density at radius 3 is 2.51 bits per heavy atom. The minimum atomic E-state index is -0.225. The molecule has 0 aliphatic rings. The van der Waals surface area contributed by atoms with E-state index in [1.54, 1.807) is 10.7 Å². The molecule has 0 aliphatic heterocycles. The smallest absolute Gasteiger partial charge is 0.260 e. The topological polar surface area (TPSA) is 94.3 Å². The van der Waals surface area contributed by atoms with Gasteiger partial charge in [0.15, 0.2) is 5.65 Å². The van der Waals surface area contributed by atoms with Crippen molar-refractivity contribution in [3.63, 3.8) is 0 Å². The van der Waals surface area contributed by atoms with Crippen molar-refractivity contribution < 1.29 is 9.53 Å². The van der Waals surface area contributed by atoms with Gasteiger partial charge in [0.25, 0.3) is 5.91 Å². The molecule has 1 amide bonds. The lowest BCUT2D eigenvalue weighted by Crippen LogP contribution is -2.14. The summed E-state index contributed by atoms with van der Waals surface area (Å²) in [6.45, 7) is 2.37. The molecule has 6 aromatic rings. The zero-order chi connectivity index (χ0) is 25.2. The van der Waals surface area contributed by atoms with Crippen LogP contribution in [0.25, 0.3) is 39.2 Å². The maximum absolute atomic E-state index is 13.3. The number of hydrogen-bond acceptors (Lipinski definition) is 6. The molecule has 0 spiro atoms. The number of fused-ring (bicyclic) bond motifs is 2. The molecule has 0 saturated carbocycles. The fourth-order valence-electron chi connectivity index (χ4n) is 4.28. The molecule has 0 unspecified atom stereocenters. The first-order chi connectivity index (χ1) is 18.2. The molecule has 0 fully saturated rings. The molecule has 0 atom stereocenters.